The molecule has 0 amide bonds. The van der Waals surface area contributed by atoms with Crippen LogP contribution in [0.15, 0.2) is 241 Å². The quantitative estimate of drug-likeness (QED) is 0.152. The normalized spacial score (nSPS) is 13.1. The number of fused-ring (bicyclic) bond motifs is 6. The molecule has 0 fully saturated rings. The van der Waals surface area contributed by atoms with Crippen molar-refractivity contribution in [3.05, 3.63) is 281 Å². The number of hydrogen-bond acceptors (Lipinski definition) is 3. The highest BCUT2D eigenvalue weighted by Gasteiger charge is 2.47. The van der Waals surface area contributed by atoms with Gasteiger partial charge in [-0.3, -0.25) is 0 Å². The van der Waals surface area contributed by atoms with Gasteiger partial charge >= 0.3 is 0 Å². The Morgan fingerprint density at radius 3 is 1.88 bits per heavy atom. The highest BCUT2D eigenvalue weighted by molar-refractivity contribution is 6.05. The molecule has 1 aromatic heterocycles. The summed E-state index contributed by atoms with van der Waals surface area (Å²) in [6, 6.07) is 70.5. The van der Waals surface area contributed by atoms with Crippen LogP contribution in [0, 0.1) is 0 Å². The summed E-state index contributed by atoms with van der Waals surface area (Å²) in [5, 5.41) is 2.38. The Labute approximate surface area is 403 Å². The number of hydrogen-bond donors (Lipinski definition) is 0. The Bertz CT molecular complexity index is 3180. The molecule has 0 bridgehead atoms. The lowest BCUT2D eigenvalue weighted by Gasteiger charge is -2.33. The third kappa shape index (κ3) is 9.66. The van der Waals surface area contributed by atoms with Crippen LogP contribution in [0.5, 0.6) is 5.75 Å². The number of benzene rings is 8. The first-order valence-corrected chi connectivity index (χ1v) is 24.0. The van der Waals surface area contributed by atoms with Gasteiger partial charge in [-0.1, -0.05) is 216 Å². The molecule has 0 saturated carbocycles. The number of allylic oxidation sites excluding steroid dienone is 5. The minimum atomic E-state index is -0.475. The zero-order valence-electron chi connectivity index (χ0n) is 40.1. The summed E-state index contributed by atoms with van der Waals surface area (Å²) in [5.41, 5.74) is 15.8. The first-order chi connectivity index (χ1) is 33.5. The van der Waals surface area contributed by atoms with E-state index < -0.39 is 5.41 Å². The smallest absolute Gasteiger partial charge is 0.162 e. The summed E-state index contributed by atoms with van der Waals surface area (Å²) < 4.78 is 18.5. The van der Waals surface area contributed by atoms with Gasteiger partial charge in [0.2, 0.25) is 0 Å². The second-order valence-corrected chi connectivity index (χ2v) is 16.7. The van der Waals surface area contributed by atoms with Crippen LogP contribution >= 0.6 is 0 Å². The molecule has 3 nitrogen and oxygen atoms in total. The summed E-state index contributed by atoms with van der Waals surface area (Å²) in [7, 11) is 0. The van der Waals surface area contributed by atoms with Crippen LogP contribution in [0.4, 0.5) is 0 Å². The average molecular weight is 889 g/mol. The Morgan fingerprint density at radius 2 is 1.16 bits per heavy atom. The zero-order chi connectivity index (χ0) is 47.3. The monoisotopic (exact) mass is 888 g/mol. The Morgan fingerprint density at radius 1 is 0.559 bits per heavy atom. The molecule has 0 spiro atoms. The van der Waals surface area contributed by atoms with Gasteiger partial charge in [0.15, 0.2) is 5.76 Å². The minimum absolute atomic E-state index is 0.475. The molecule has 11 rings (SSSR count). The van der Waals surface area contributed by atoms with Crippen LogP contribution in [0.2, 0.25) is 0 Å². The van der Waals surface area contributed by atoms with Crippen LogP contribution < -0.4 is 4.74 Å². The van der Waals surface area contributed by atoms with Crippen molar-refractivity contribution in [2.45, 2.75) is 59.8 Å². The maximum absolute atomic E-state index is 6.70. The van der Waals surface area contributed by atoms with E-state index >= 15 is 0 Å². The van der Waals surface area contributed by atoms with Crippen molar-refractivity contribution >= 4 is 33.1 Å². The molecule has 0 atom stereocenters. The fourth-order valence-corrected chi connectivity index (χ4v) is 9.15. The number of ether oxygens (including phenoxy) is 2. The average Bonchev–Trinajstić information content (AvgIpc) is 3.82. The largest absolute Gasteiger partial charge is 0.468 e. The fourth-order valence-electron chi connectivity index (χ4n) is 9.15. The van der Waals surface area contributed by atoms with E-state index in [1.165, 1.54) is 67.3 Å². The van der Waals surface area contributed by atoms with Crippen LogP contribution in [0.1, 0.15) is 92.5 Å². The molecule has 8 aromatic carbocycles. The molecule has 68 heavy (non-hydrogen) atoms. The van der Waals surface area contributed by atoms with Crippen LogP contribution in [-0.4, -0.2) is 0 Å². The molecule has 0 unspecified atom stereocenters. The summed E-state index contributed by atoms with van der Waals surface area (Å²) in [5.74, 6) is 1.43. The van der Waals surface area contributed by atoms with E-state index in [0.29, 0.717) is 5.76 Å². The molecular formula is C65H60O3. The second kappa shape index (κ2) is 22.1. The molecule has 2 heterocycles. The van der Waals surface area contributed by atoms with Crippen molar-refractivity contribution in [3.8, 4) is 16.9 Å². The van der Waals surface area contributed by atoms with E-state index in [0.717, 1.165) is 40.0 Å². The van der Waals surface area contributed by atoms with Gasteiger partial charge in [0.1, 0.15) is 23.2 Å². The summed E-state index contributed by atoms with van der Waals surface area (Å²) in [6.45, 7) is 12.4. The molecule has 338 valence electrons. The summed E-state index contributed by atoms with van der Waals surface area (Å²) >= 11 is 0. The first-order valence-electron chi connectivity index (χ1n) is 24.0. The Hall–Kier alpha value is -7.88. The maximum Gasteiger partial charge on any atom is 0.162 e. The van der Waals surface area contributed by atoms with Gasteiger partial charge in [-0.05, 0) is 112 Å². The van der Waals surface area contributed by atoms with Crippen LogP contribution in [0.25, 0.3) is 44.2 Å². The highest BCUT2D eigenvalue weighted by atomic mass is 16.5. The van der Waals surface area contributed by atoms with Gasteiger partial charge in [-0.2, -0.15) is 0 Å². The van der Waals surface area contributed by atoms with Crippen molar-refractivity contribution in [3.63, 3.8) is 0 Å². The van der Waals surface area contributed by atoms with Crippen molar-refractivity contribution < 1.29 is 13.9 Å². The molecule has 2 aliphatic rings. The first kappa shape index (κ1) is 46.6. The van der Waals surface area contributed by atoms with E-state index in [9.17, 15) is 0 Å². The molecule has 0 radical (unpaired) electrons. The van der Waals surface area contributed by atoms with Gasteiger partial charge in [0, 0.05) is 21.9 Å². The zero-order valence-corrected chi connectivity index (χ0v) is 40.1. The summed E-state index contributed by atoms with van der Waals surface area (Å²) in [4.78, 5) is 0. The predicted molar refractivity (Wildman–Crippen MR) is 287 cm³/mol. The van der Waals surface area contributed by atoms with E-state index in [2.05, 4.69) is 222 Å². The van der Waals surface area contributed by atoms with Crippen LogP contribution in [-0.2, 0) is 16.6 Å². The SMILES string of the molecule is C/C=C(\C)c1ccc2c(c1)oc1ccccc12.C1=CC(c2cccc(Cc3ccccc3)c2)=COC=C1Oc1cccc2c1-c1ccccc1C2(c1ccccc1)c1ccccc1.CC.CCC. The van der Waals surface area contributed by atoms with E-state index in [1.807, 2.05) is 38.1 Å². The molecule has 1 aliphatic carbocycles. The second-order valence-electron chi connectivity index (χ2n) is 16.7. The third-order valence-corrected chi connectivity index (χ3v) is 12.3. The van der Waals surface area contributed by atoms with Crippen molar-refractivity contribution in [1.29, 1.82) is 0 Å². The van der Waals surface area contributed by atoms with E-state index in [-0.39, 0.29) is 0 Å². The van der Waals surface area contributed by atoms with E-state index in [1.54, 1.807) is 12.5 Å². The van der Waals surface area contributed by atoms with Gasteiger partial charge < -0.3 is 13.9 Å². The molecule has 0 N–H and O–H groups in total. The van der Waals surface area contributed by atoms with Crippen LogP contribution in [0.3, 0.4) is 0 Å². The maximum atomic E-state index is 6.70. The van der Waals surface area contributed by atoms with Gasteiger partial charge in [-0.15, -0.1) is 0 Å². The number of furan rings is 1. The topological polar surface area (TPSA) is 31.6 Å². The molecular weight excluding hydrogens is 829 g/mol. The standard InChI is InChI=1S/C44H32O2.C16H14O.C3H8.C2H6/c1-4-14-32(15-5-1)28-33-16-12-17-34(29-33)35-26-27-38(31-45-30-35)46-42-25-13-24-41-43(42)39-22-10-11-23-40(39)44(41,36-18-6-2-7-19-36)37-20-8-3-9-21-37;1-3-11(2)12-8-9-14-13-6-4-5-7-15(13)17-16(14)10-12;1-3-2;1-2/h1-27,29-31H,28H2;3-10H,1-2H3;3H2,1-2H3;1-2H3/b;11-3+;;. The molecule has 0 saturated heterocycles. The fraction of sp³-hybridized carbons (Fsp3) is 0.138. The Kier molecular flexibility index (Phi) is 15.1. The van der Waals surface area contributed by atoms with Gasteiger partial charge in [0.05, 0.1) is 11.7 Å². The third-order valence-electron chi connectivity index (χ3n) is 12.3. The Balaban J connectivity index is 0.000000236. The molecule has 9 aromatic rings. The lowest BCUT2D eigenvalue weighted by Crippen LogP contribution is -2.28. The summed E-state index contributed by atoms with van der Waals surface area (Å²) in [6.07, 6.45) is 11.8. The molecule has 3 heteroatoms. The lowest BCUT2D eigenvalue weighted by molar-refractivity contribution is 0.359. The van der Waals surface area contributed by atoms with Gasteiger partial charge in [0.25, 0.3) is 0 Å². The predicted octanol–water partition coefficient (Wildman–Crippen LogP) is 17.9. The van der Waals surface area contributed by atoms with E-state index in [4.69, 9.17) is 13.9 Å². The van der Waals surface area contributed by atoms with Crippen molar-refractivity contribution in [1.82, 2.24) is 0 Å². The minimum Gasteiger partial charge on any atom is -0.468 e. The number of para-hydroxylation sites is 1. The molecule has 1 aliphatic heterocycles. The lowest BCUT2D eigenvalue weighted by atomic mass is 9.68. The highest BCUT2D eigenvalue weighted by Crippen LogP contribution is 2.58. The van der Waals surface area contributed by atoms with Crippen molar-refractivity contribution in [2.75, 3.05) is 0 Å². The number of rotatable bonds is 8. The van der Waals surface area contributed by atoms with Gasteiger partial charge in [-0.25, -0.2) is 0 Å². The van der Waals surface area contributed by atoms with Crippen molar-refractivity contribution in [2.24, 2.45) is 0 Å².